The molecule has 1 aromatic rings. The second-order valence-corrected chi connectivity index (χ2v) is 8.65. The standard InChI is InChI=1S/C22H30N2O3/c25-22-15-27-21-5-2-1-4-20(21)24(22)11-3-10-23-17-8-9-18(23)13-19(12-17)26-14-16-6-7-16/h1-2,4-5,16-19H,3,6-15H2. The number of piperidine rings is 1. The van der Waals surface area contributed by atoms with Crippen molar-refractivity contribution in [3.8, 4) is 5.75 Å². The van der Waals surface area contributed by atoms with E-state index >= 15 is 0 Å². The Labute approximate surface area is 161 Å². The summed E-state index contributed by atoms with van der Waals surface area (Å²) in [6.45, 7) is 3.00. The molecule has 0 N–H and O–H groups in total. The number of anilines is 1. The normalized spacial score (nSPS) is 30.3. The number of para-hydroxylation sites is 2. The van der Waals surface area contributed by atoms with Crippen molar-refractivity contribution in [2.45, 2.75) is 63.1 Å². The molecule has 2 saturated heterocycles. The molecule has 1 aromatic carbocycles. The van der Waals surface area contributed by atoms with Crippen molar-refractivity contribution in [1.29, 1.82) is 0 Å². The summed E-state index contributed by atoms with van der Waals surface area (Å²) in [7, 11) is 0. The average Bonchev–Trinajstić information content (AvgIpc) is 3.48. The fraction of sp³-hybridized carbons (Fsp3) is 0.682. The van der Waals surface area contributed by atoms with Crippen LogP contribution in [0.15, 0.2) is 24.3 Å². The summed E-state index contributed by atoms with van der Waals surface area (Å²) in [5.41, 5.74) is 0.920. The Kier molecular flexibility index (Phi) is 4.82. The molecular formula is C22H30N2O3. The van der Waals surface area contributed by atoms with E-state index in [0.29, 0.717) is 18.2 Å². The number of amides is 1. The lowest BCUT2D eigenvalue weighted by Gasteiger charge is -2.39. The van der Waals surface area contributed by atoms with Gasteiger partial charge in [-0.2, -0.15) is 0 Å². The van der Waals surface area contributed by atoms with Gasteiger partial charge in [0.25, 0.3) is 5.91 Å². The van der Waals surface area contributed by atoms with Crippen LogP contribution in [0, 0.1) is 5.92 Å². The van der Waals surface area contributed by atoms with Crippen LogP contribution in [-0.2, 0) is 9.53 Å². The van der Waals surface area contributed by atoms with E-state index in [1.54, 1.807) is 0 Å². The minimum absolute atomic E-state index is 0.0730. The SMILES string of the molecule is O=C1COc2ccccc2N1CCCN1C2CCC1CC(OCC1CC1)C2. The molecule has 2 unspecified atom stereocenters. The number of benzene rings is 1. The van der Waals surface area contributed by atoms with Gasteiger partial charge in [0.1, 0.15) is 5.75 Å². The smallest absolute Gasteiger partial charge is 0.265 e. The first-order chi connectivity index (χ1) is 13.3. The number of hydrogen-bond donors (Lipinski definition) is 0. The third kappa shape index (κ3) is 3.72. The zero-order chi connectivity index (χ0) is 18.2. The van der Waals surface area contributed by atoms with Crippen LogP contribution in [0.2, 0.25) is 0 Å². The Balaban J connectivity index is 1.14. The van der Waals surface area contributed by atoms with E-state index in [0.717, 1.165) is 43.5 Å². The summed E-state index contributed by atoms with van der Waals surface area (Å²) in [6.07, 6.45) is 9.25. The maximum atomic E-state index is 12.3. The zero-order valence-electron chi connectivity index (χ0n) is 16.0. The summed E-state index contributed by atoms with van der Waals surface area (Å²) >= 11 is 0. The van der Waals surface area contributed by atoms with E-state index in [9.17, 15) is 4.79 Å². The quantitative estimate of drug-likeness (QED) is 0.739. The van der Waals surface area contributed by atoms with Gasteiger partial charge in [0.15, 0.2) is 6.61 Å². The van der Waals surface area contributed by atoms with Gasteiger partial charge in [-0.15, -0.1) is 0 Å². The van der Waals surface area contributed by atoms with E-state index in [1.165, 1.54) is 38.5 Å². The average molecular weight is 370 g/mol. The van der Waals surface area contributed by atoms with Crippen LogP contribution < -0.4 is 9.64 Å². The predicted molar refractivity (Wildman–Crippen MR) is 104 cm³/mol. The van der Waals surface area contributed by atoms with Gasteiger partial charge in [-0.3, -0.25) is 9.69 Å². The highest BCUT2D eigenvalue weighted by atomic mass is 16.5. The van der Waals surface area contributed by atoms with Crippen LogP contribution in [0.5, 0.6) is 5.75 Å². The lowest BCUT2D eigenvalue weighted by molar-refractivity contribution is -0.121. The molecule has 2 bridgehead atoms. The molecule has 5 nitrogen and oxygen atoms in total. The molecule has 5 heteroatoms. The number of hydrogen-bond acceptors (Lipinski definition) is 4. The Morgan fingerprint density at radius 3 is 2.59 bits per heavy atom. The first-order valence-corrected chi connectivity index (χ1v) is 10.7. The molecule has 0 radical (unpaired) electrons. The van der Waals surface area contributed by atoms with Gasteiger partial charge in [-0.1, -0.05) is 12.1 Å². The molecule has 1 saturated carbocycles. The number of fused-ring (bicyclic) bond motifs is 3. The number of nitrogens with zero attached hydrogens (tertiary/aromatic N) is 2. The Morgan fingerprint density at radius 2 is 1.81 bits per heavy atom. The van der Waals surface area contributed by atoms with Crippen molar-refractivity contribution >= 4 is 11.6 Å². The zero-order valence-corrected chi connectivity index (χ0v) is 16.0. The molecule has 5 rings (SSSR count). The molecule has 3 aliphatic heterocycles. The largest absolute Gasteiger partial charge is 0.482 e. The predicted octanol–water partition coefficient (Wildman–Crippen LogP) is 3.22. The van der Waals surface area contributed by atoms with Crippen LogP contribution >= 0.6 is 0 Å². The molecule has 3 fully saturated rings. The molecule has 2 atom stereocenters. The van der Waals surface area contributed by atoms with Crippen LogP contribution in [0.4, 0.5) is 5.69 Å². The summed E-state index contributed by atoms with van der Waals surface area (Å²) in [5.74, 6) is 1.75. The summed E-state index contributed by atoms with van der Waals surface area (Å²) in [6, 6.07) is 9.22. The van der Waals surface area contributed by atoms with Gasteiger partial charge in [-0.25, -0.2) is 0 Å². The number of carbonyl (C=O) groups is 1. The summed E-state index contributed by atoms with van der Waals surface area (Å²) < 4.78 is 11.7. The first kappa shape index (κ1) is 17.5. The fourth-order valence-corrected chi connectivity index (χ4v) is 5.09. The van der Waals surface area contributed by atoms with E-state index in [1.807, 2.05) is 29.2 Å². The van der Waals surface area contributed by atoms with Crippen LogP contribution in [0.25, 0.3) is 0 Å². The highest BCUT2D eigenvalue weighted by Gasteiger charge is 2.41. The van der Waals surface area contributed by atoms with Crippen molar-refractivity contribution in [2.75, 3.05) is 31.2 Å². The lowest BCUT2D eigenvalue weighted by Crippen LogP contribution is -2.47. The molecule has 4 aliphatic rings. The highest BCUT2D eigenvalue weighted by Crippen LogP contribution is 2.38. The van der Waals surface area contributed by atoms with Gasteiger partial charge in [0.05, 0.1) is 11.8 Å². The van der Waals surface area contributed by atoms with Crippen molar-refractivity contribution < 1.29 is 14.3 Å². The third-order valence-electron chi connectivity index (χ3n) is 6.71. The second-order valence-electron chi connectivity index (χ2n) is 8.65. The Hall–Kier alpha value is -1.59. The van der Waals surface area contributed by atoms with Gasteiger partial charge in [0, 0.05) is 31.8 Å². The summed E-state index contributed by atoms with van der Waals surface area (Å²) in [4.78, 5) is 16.9. The minimum Gasteiger partial charge on any atom is -0.482 e. The molecule has 1 aliphatic carbocycles. The second kappa shape index (κ2) is 7.44. The molecular weight excluding hydrogens is 340 g/mol. The first-order valence-electron chi connectivity index (χ1n) is 10.7. The van der Waals surface area contributed by atoms with E-state index in [2.05, 4.69) is 4.90 Å². The highest BCUT2D eigenvalue weighted by molar-refractivity contribution is 5.97. The molecule has 1 amide bonds. The Morgan fingerprint density at radius 1 is 1.04 bits per heavy atom. The van der Waals surface area contributed by atoms with E-state index in [4.69, 9.17) is 9.47 Å². The van der Waals surface area contributed by atoms with Crippen LogP contribution in [0.1, 0.15) is 44.9 Å². The van der Waals surface area contributed by atoms with E-state index in [-0.39, 0.29) is 12.5 Å². The number of ether oxygens (including phenoxy) is 2. The minimum atomic E-state index is 0.0730. The molecule has 0 aromatic heterocycles. The van der Waals surface area contributed by atoms with Crippen molar-refractivity contribution in [3.63, 3.8) is 0 Å². The topological polar surface area (TPSA) is 42.0 Å². The number of rotatable bonds is 7. The maximum absolute atomic E-state index is 12.3. The van der Waals surface area contributed by atoms with Gasteiger partial charge < -0.3 is 14.4 Å². The maximum Gasteiger partial charge on any atom is 0.265 e. The molecule has 0 spiro atoms. The third-order valence-corrected chi connectivity index (χ3v) is 6.71. The van der Waals surface area contributed by atoms with Crippen LogP contribution in [0.3, 0.4) is 0 Å². The van der Waals surface area contributed by atoms with Crippen molar-refractivity contribution in [1.82, 2.24) is 4.90 Å². The summed E-state index contributed by atoms with van der Waals surface area (Å²) in [5, 5.41) is 0. The van der Waals surface area contributed by atoms with Gasteiger partial charge in [0.2, 0.25) is 0 Å². The fourth-order valence-electron chi connectivity index (χ4n) is 5.09. The lowest BCUT2D eigenvalue weighted by atomic mass is 9.99. The van der Waals surface area contributed by atoms with Gasteiger partial charge in [-0.05, 0) is 63.0 Å². The molecule has 146 valence electrons. The van der Waals surface area contributed by atoms with Crippen molar-refractivity contribution in [2.24, 2.45) is 5.92 Å². The van der Waals surface area contributed by atoms with Crippen LogP contribution in [-0.4, -0.2) is 55.3 Å². The van der Waals surface area contributed by atoms with Gasteiger partial charge >= 0.3 is 0 Å². The molecule has 3 heterocycles. The Bertz CT molecular complexity index is 676. The molecule has 27 heavy (non-hydrogen) atoms. The number of carbonyl (C=O) groups excluding carboxylic acids is 1. The van der Waals surface area contributed by atoms with E-state index < -0.39 is 0 Å². The van der Waals surface area contributed by atoms with Crippen molar-refractivity contribution in [3.05, 3.63) is 24.3 Å². The monoisotopic (exact) mass is 370 g/mol.